The molecular formula is C21H19FN2O4S. The molecule has 0 saturated carbocycles. The van der Waals surface area contributed by atoms with Crippen LogP contribution >= 0.6 is 11.3 Å². The van der Waals surface area contributed by atoms with Crippen molar-refractivity contribution in [1.82, 2.24) is 5.48 Å². The van der Waals surface area contributed by atoms with Crippen LogP contribution in [0.5, 0.6) is 0 Å². The van der Waals surface area contributed by atoms with Crippen molar-refractivity contribution in [3.63, 3.8) is 0 Å². The maximum absolute atomic E-state index is 13.5. The van der Waals surface area contributed by atoms with Gasteiger partial charge in [-0.1, -0.05) is 0 Å². The predicted molar refractivity (Wildman–Crippen MR) is 108 cm³/mol. The smallest absolute Gasteiger partial charge is 0.321 e. The first-order valence-corrected chi connectivity index (χ1v) is 9.87. The molecule has 0 spiro atoms. The summed E-state index contributed by atoms with van der Waals surface area (Å²) in [6.07, 6.45) is 1.86. The molecule has 1 aromatic heterocycles. The Kier molecular flexibility index (Phi) is 4.76. The Labute approximate surface area is 171 Å². The number of thiophene rings is 1. The molecule has 0 atom stereocenters. The first-order chi connectivity index (χ1) is 13.7. The summed E-state index contributed by atoms with van der Waals surface area (Å²) >= 11 is 1.53. The quantitative estimate of drug-likeness (QED) is 0.584. The number of carbonyl (C=O) groups excluding carboxylic acids is 2. The number of hydrogen-bond acceptors (Lipinski definition) is 6. The number of benzene rings is 1. The van der Waals surface area contributed by atoms with Crippen LogP contribution in [0.4, 0.5) is 10.1 Å². The molecule has 0 aliphatic carbocycles. The van der Waals surface area contributed by atoms with Gasteiger partial charge in [-0.15, -0.1) is 16.8 Å². The van der Waals surface area contributed by atoms with Gasteiger partial charge in [0.05, 0.1) is 17.8 Å². The number of rotatable bonds is 4. The van der Waals surface area contributed by atoms with Crippen molar-refractivity contribution in [2.75, 3.05) is 5.32 Å². The van der Waals surface area contributed by atoms with Gasteiger partial charge >= 0.3 is 5.97 Å². The molecule has 0 saturated heterocycles. The largest absolute Gasteiger partial charge is 0.482 e. The number of allylic oxidation sites excluding steroid dienone is 1. The maximum Gasteiger partial charge on any atom is 0.321 e. The Morgan fingerprint density at radius 3 is 2.90 bits per heavy atom. The van der Waals surface area contributed by atoms with Crippen LogP contribution in [0.3, 0.4) is 0 Å². The highest BCUT2D eigenvalue weighted by Crippen LogP contribution is 2.45. The van der Waals surface area contributed by atoms with Gasteiger partial charge in [0, 0.05) is 22.9 Å². The molecule has 3 heterocycles. The monoisotopic (exact) mass is 414 g/mol. The number of hydroxylamine groups is 1. The minimum absolute atomic E-state index is 0.314. The first kappa shape index (κ1) is 19.4. The maximum atomic E-state index is 13.5. The third kappa shape index (κ3) is 3.68. The van der Waals surface area contributed by atoms with Crippen molar-refractivity contribution in [3.8, 4) is 0 Å². The van der Waals surface area contributed by atoms with Crippen molar-refractivity contribution >= 4 is 40.0 Å². The van der Waals surface area contributed by atoms with E-state index in [4.69, 9.17) is 9.57 Å². The highest BCUT2D eigenvalue weighted by Gasteiger charge is 2.38. The number of fused-ring (bicyclic) bond motifs is 1. The minimum Gasteiger partial charge on any atom is -0.482 e. The Bertz CT molecular complexity index is 1080. The normalized spacial score (nSPS) is 19.4. The summed E-state index contributed by atoms with van der Waals surface area (Å²) < 4.78 is 19.6. The number of anilines is 1. The molecule has 150 valence electrons. The van der Waals surface area contributed by atoms with Gasteiger partial charge < -0.3 is 14.9 Å². The van der Waals surface area contributed by atoms with Gasteiger partial charge in [0.1, 0.15) is 17.2 Å². The van der Waals surface area contributed by atoms with E-state index >= 15 is 0 Å². The Balaban J connectivity index is 1.67. The molecule has 1 amide bonds. The van der Waals surface area contributed by atoms with Crippen LogP contribution in [0, 0.1) is 5.82 Å². The molecule has 0 fully saturated rings. The van der Waals surface area contributed by atoms with Crippen LogP contribution in [0.25, 0.3) is 11.1 Å². The SMILES string of the molecule is CC(=O)ONCc1cc(C2=C/C(=C3\C(=O)Nc4cc(F)ccc43)OC2(C)C)cs1. The van der Waals surface area contributed by atoms with Gasteiger partial charge in [-0.3, -0.25) is 9.59 Å². The third-order valence-corrected chi connectivity index (χ3v) is 5.63. The minimum atomic E-state index is -0.646. The molecule has 0 bridgehead atoms. The van der Waals surface area contributed by atoms with Crippen molar-refractivity contribution in [2.24, 2.45) is 0 Å². The Morgan fingerprint density at radius 2 is 2.14 bits per heavy atom. The third-order valence-electron chi connectivity index (χ3n) is 4.69. The number of amides is 1. The second-order valence-electron chi connectivity index (χ2n) is 7.27. The van der Waals surface area contributed by atoms with Crippen LogP contribution < -0.4 is 10.8 Å². The Morgan fingerprint density at radius 1 is 1.34 bits per heavy atom. The zero-order valence-corrected chi connectivity index (χ0v) is 16.9. The van der Waals surface area contributed by atoms with Gasteiger partial charge in [0.25, 0.3) is 5.91 Å². The van der Waals surface area contributed by atoms with Crippen LogP contribution in [-0.4, -0.2) is 17.5 Å². The summed E-state index contributed by atoms with van der Waals surface area (Å²) in [7, 11) is 0. The lowest BCUT2D eigenvalue weighted by Gasteiger charge is -2.22. The van der Waals surface area contributed by atoms with Crippen LogP contribution in [0.15, 0.2) is 41.5 Å². The molecule has 2 aliphatic rings. The van der Waals surface area contributed by atoms with Gasteiger partial charge in [0.2, 0.25) is 0 Å². The summed E-state index contributed by atoms with van der Waals surface area (Å²) in [5.74, 6) is -0.669. The average molecular weight is 414 g/mol. The van der Waals surface area contributed by atoms with E-state index in [0.717, 1.165) is 16.0 Å². The van der Waals surface area contributed by atoms with E-state index in [1.165, 1.54) is 30.4 Å². The standard InChI is InChI=1S/C21H19FN2O4S/c1-11(25)28-23-9-14-6-12(10-29-14)16-8-18(27-21(16,2)3)19-15-5-4-13(22)7-17(15)24-20(19)26/h4-8,10,23H,9H2,1-3H3,(H,24,26)/b19-18+. The number of hydrogen-bond donors (Lipinski definition) is 2. The highest BCUT2D eigenvalue weighted by molar-refractivity contribution is 7.10. The van der Waals surface area contributed by atoms with E-state index in [9.17, 15) is 14.0 Å². The molecule has 8 heteroatoms. The van der Waals surface area contributed by atoms with E-state index < -0.39 is 17.4 Å². The summed E-state index contributed by atoms with van der Waals surface area (Å²) in [6, 6.07) is 6.19. The first-order valence-electron chi connectivity index (χ1n) is 8.99. The van der Waals surface area contributed by atoms with Crippen molar-refractivity contribution in [2.45, 2.75) is 32.9 Å². The molecule has 2 aromatic rings. The number of ether oxygens (including phenoxy) is 1. The van der Waals surface area contributed by atoms with Crippen LogP contribution in [0.1, 0.15) is 36.8 Å². The summed E-state index contributed by atoms with van der Waals surface area (Å²) in [6.45, 7) is 5.59. The second kappa shape index (κ2) is 7.13. The van der Waals surface area contributed by atoms with Crippen LogP contribution in [0.2, 0.25) is 0 Å². The van der Waals surface area contributed by atoms with Crippen molar-refractivity contribution < 1.29 is 23.6 Å². The summed E-state index contributed by atoms with van der Waals surface area (Å²) in [5.41, 5.74) is 5.33. The highest BCUT2D eigenvalue weighted by atomic mass is 32.1. The Hall–Kier alpha value is -2.97. The van der Waals surface area contributed by atoms with E-state index in [-0.39, 0.29) is 5.91 Å². The fraction of sp³-hybridized carbons (Fsp3) is 0.238. The molecule has 4 rings (SSSR count). The van der Waals surface area contributed by atoms with Crippen molar-refractivity contribution in [3.05, 3.63) is 63.3 Å². The number of carbonyl (C=O) groups is 2. The van der Waals surface area contributed by atoms with Gasteiger partial charge in [-0.2, -0.15) is 0 Å². The molecule has 0 radical (unpaired) electrons. The van der Waals surface area contributed by atoms with Gasteiger partial charge in [-0.05, 0) is 55.1 Å². The van der Waals surface area contributed by atoms with E-state index in [1.807, 2.05) is 31.4 Å². The number of nitrogens with one attached hydrogen (secondary N) is 2. The van der Waals surface area contributed by atoms with Gasteiger partial charge in [-0.25, -0.2) is 4.39 Å². The fourth-order valence-electron chi connectivity index (χ4n) is 3.43. The summed E-state index contributed by atoms with van der Waals surface area (Å²) in [4.78, 5) is 29.1. The van der Waals surface area contributed by atoms with E-state index in [0.29, 0.717) is 29.1 Å². The molecule has 2 aliphatic heterocycles. The zero-order chi connectivity index (χ0) is 20.8. The number of halogens is 1. The van der Waals surface area contributed by atoms with Gasteiger partial charge in [0.15, 0.2) is 0 Å². The molecule has 1 aromatic carbocycles. The fourth-order valence-corrected chi connectivity index (χ4v) is 4.24. The lowest BCUT2D eigenvalue weighted by atomic mass is 9.94. The molecule has 6 nitrogen and oxygen atoms in total. The lowest BCUT2D eigenvalue weighted by Crippen LogP contribution is -2.21. The molecule has 0 unspecified atom stereocenters. The molecule has 2 N–H and O–H groups in total. The molecular weight excluding hydrogens is 395 g/mol. The second-order valence-corrected chi connectivity index (χ2v) is 8.27. The summed E-state index contributed by atoms with van der Waals surface area (Å²) in [5, 5.41) is 4.68. The zero-order valence-electron chi connectivity index (χ0n) is 16.1. The average Bonchev–Trinajstić information content (AvgIpc) is 3.28. The van der Waals surface area contributed by atoms with E-state index in [2.05, 4.69) is 10.8 Å². The predicted octanol–water partition coefficient (Wildman–Crippen LogP) is 4.01. The van der Waals surface area contributed by atoms with Crippen LogP contribution in [-0.2, 0) is 25.7 Å². The van der Waals surface area contributed by atoms with Crippen molar-refractivity contribution in [1.29, 1.82) is 0 Å². The topological polar surface area (TPSA) is 76.7 Å². The van der Waals surface area contributed by atoms with E-state index in [1.54, 1.807) is 6.07 Å². The molecule has 29 heavy (non-hydrogen) atoms. The lowest BCUT2D eigenvalue weighted by molar-refractivity contribution is -0.148.